The number of carbonyl (C=O) groups is 3. The molecule has 1 fully saturated rings. The Morgan fingerprint density at radius 3 is 2.48 bits per heavy atom. The van der Waals surface area contributed by atoms with E-state index in [-0.39, 0.29) is 24.3 Å². The van der Waals surface area contributed by atoms with Crippen LogP contribution >= 0.6 is 23.2 Å². The molecule has 0 radical (unpaired) electrons. The summed E-state index contributed by atoms with van der Waals surface area (Å²) in [6, 6.07) is 11.9. The standard InChI is InChI=1S/C21H21Cl2N3O3/c1-25(13-15-4-7-16(22)11-18(15)23)20(28)12-24-21(29)14-5-8-17(9-6-14)26-10-2-3-19(26)27/h4-9,11H,2-3,10,12-13H2,1H3,(H,24,29). The maximum Gasteiger partial charge on any atom is 0.251 e. The molecule has 8 heteroatoms. The molecule has 1 aliphatic heterocycles. The third-order valence-electron chi connectivity index (χ3n) is 4.76. The summed E-state index contributed by atoms with van der Waals surface area (Å²) in [5.74, 6) is -0.504. The summed E-state index contributed by atoms with van der Waals surface area (Å²) < 4.78 is 0. The molecule has 2 aromatic rings. The Labute approximate surface area is 179 Å². The van der Waals surface area contributed by atoms with Gasteiger partial charge in [0.2, 0.25) is 11.8 Å². The fourth-order valence-electron chi connectivity index (χ4n) is 3.10. The van der Waals surface area contributed by atoms with E-state index >= 15 is 0 Å². The Bertz CT molecular complexity index is 931. The molecule has 6 nitrogen and oxygen atoms in total. The molecule has 1 saturated heterocycles. The van der Waals surface area contributed by atoms with E-state index in [1.165, 1.54) is 4.90 Å². The molecule has 152 valence electrons. The Kier molecular flexibility index (Phi) is 6.77. The first-order valence-corrected chi connectivity index (χ1v) is 9.97. The molecular formula is C21H21Cl2N3O3. The second-order valence-corrected chi connectivity index (χ2v) is 7.71. The number of hydrogen-bond donors (Lipinski definition) is 1. The summed E-state index contributed by atoms with van der Waals surface area (Å²) in [5, 5.41) is 3.63. The third-order valence-corrected chi connectivity index (χ3v) is 5.35. The zero-order valence-corrected chi connectivity index (χ0v) is 17.5. The van der Waals surface area contributed by atoms with Crippen LogP contribution in [0.1, 0.15) is 28.8 Å². The number of halogens is 2. The molecule has 2 aromatic carbocycles. The van der Waals surface area contributed by atoms with Crippen molar-refractivity contribution in [1.29, 1.82) is 0 Å². The van der Waals surface area contributed by atoms with Crippen LogP contribution in [0.25, 0.3) is 0 Å². The van der Waals surface area contributed by atoms with E-state index in [0.29, 0.717) is 35.1 Å². The van der Waals surface area contributed by atoms with Gasteiger partial charge in [0.1, 0.15) is 0 Å². The van der Waals surface area contributed by atoms with Crippen molar-refractivity contribution in [3.63, 3.8) is 0 Å². The summed E-state index contributed by atoms with van der Waals surface area (Å²) in [7, 11) is 1.64. The van der Waals surface area contributed by atoms with Crippen molar-refractivity contribution < 1.29 is 14.4 Å². The van der Waals surface area contributed by atoms with E-state index in [2.05, 4.69) is 5.32 Å². The molecule has 0 unspecified atom stereocenters. The lowest BCUT2D eigenvalue weighted by molar-refractivity contribution is -0.129. The van der Waals surface area contributed by atoms with E-state index in [1.54, 1.807) is 54.4 Å². The van der Waals surface area contributed by atoms with E-state index in [9.17, 15) is 14.4 Å². The first kappa shape index (κ1) is 21.1. The van der Waals surface area contributed by atoms with Crippen molar-refractivity contribution in [2.45, 2.75) is 19.4 Å². The molecule has 3 rings (SSSR count). The van der Waals surface area contributed by atoms with Crippen LogP contribution in [0.3, 0.4) is 0 Å². The maximum absolute atomic E-state index is 12.3. The Hall–Kier alpha value is -2.57. The van der Waals surface area contributed by atoms with E-state index in [1.807, 2.05) is 0 Å². The van der Waals surface area contributed by atoms with Gasteiger partial charge in [0.25, 0.3) is 5.91 Å². The van der Waals surface area contributed by atoms with E-state index in [0.717, 1.165) is 17.7 Å². The monoisotopic (exact) mass is 433 g/mol. The Morgan fingerprint density at radius 1 is 1.14 bits per heavy atom. The zero-order valence-electron chi connectivity index (χ0n) is 16.0. The van der Waals surface area contributed by atoms with Gasteiger partial charge in [-0.15, -0.1) is 0 Å². The molecule has 1 N–H and O–H groups in total. The van der Waals surface area contributed by atoms with Crippen molar-refractivity contribution in [2.24, 2.45) is 0 Å². The lowest BCUT2D eigenvalue weighted by atomic mass is 10.2. The van der Waals surface area contributed by atoms with Crippen LogP contribution in [0.15, 0.2) is 42.5 Å². The van der Waals surface area contributed by atoms with Crippen LogP contribution in [0.4, 0.5) is 5.69 Å². The summed E-state index contributed by atoms with van der Waals surface area (Å²) >= 11 is 12.0. The highest BCUT2D eigenvalue weighted by atomic mass is 35.5. The number of carbonyl (C=O) groups excluding carboxylic acids is 3. The van der Waals surface area contributed by atoms with Crippen molar-refractivity contribution in [3.8, 4) is 0 Å². The SMILES string of the molecule is CN(Cc1ccc(Cl)cc1Cl)C(=O)CNC(=O)c1ccc(N2CCCC2=O)cc1. The molecule has 0 bridgehead atoms. The largest absolute Gasteiger partial charge is 0.343 e. The molecular weight excluding hydrogens is 413 g/mol. The maximum atomic E-state index is 12.3. The highest BCUT2D eigenvalue weighted by molar-refractivity contribution is 6.35. The molecule has 0 atom stereocenters. The Balaban J connectivity index is 1.52. The molecule has 1 aliphatic rings. The number of benzene rings is 2. The second kappa shape index (κ2) is 9.29. The first-order chi connectivity index (χ1) is 13.8. The smallest absolute Gasteiger partial charge is 0.251 e. The molecule has 0 spiro atoms. The van der Waals surface area contributed by atoms with Gasteiger partial charge in [-0.05, 0) is 48.4 Å². The van der Waals surface area contributed by atoms with Gasteiger partial charge in [-0.25, -0.2) is 0 Å². The average Bonchev–Trinajstić information content (AvgIpc) is 3.14. The van der Waals surface area contributed by atoms with Gasteiger partial charge in [0, 0.05) is 47.9 Å². The number of rotatable bonds is 6. The predicted molar refractivity (Wildman–Crippen MR) is 113 cm³/mol. The molecule has 3 amide bonds. The van der Waals surface area contributed by atoms with Crippen molar-refractivity contribution in [2.75, 3.05) is 25.0 Å². The summed E-state index contributed by atoms with van der Waals surface area (Å²) in [6.07, 6.45) is 1.40. The second-order valence-electron chi connectivity index (χ2n) is 6.86. The van der Waals surface area contributed by atoms with E-state index < -0.39 is 0 Å². The van der Waals surface area contributed by atoms with Crippen molar-refractivity contribution in [1.82, 2.24) is 10.2 Å². The number of likely N-dealkylation sites (N-methyl/N-ethyl adjacent to an activating group) is 1. The highest BCUT2D eigenvalue weighted by Crippen LogP contribution is 2.22. The lowest BCUT2D eigenvalue weighted by Gasteiger charge is -2.19. The summed E-state index contributed by atoms with van der Waals surface area (Å²) in [5.41, 5.74) is 1.97. The average molecular weight is 434 g/mol. The minimum Gasteiger partial charge on any atom is -0.343 e. The fourth-order valence-corrected chi connectivity index (χ4v) is 3.57. The van der Waals surface area contributed by atoms with Crippen LogP contribution in [0.2, 0.25) is 10.0 Å². The summed E-state index contributed by atoms with van der Waals surface area (Å²) in [6.45, 7) is 0.874. The number of nitrogens with one attached hydrogen (secondary N) is 1. The van der Waals surface area contributed by atoms with E-state index in [4.69, 9.17) is 23.2 Å². The number of nitrogens with zero attached hydrogens (tertiary/aromatic N) is 2. The minimum absolute atomic E-state index is 0.0941. The van der Waals surface area contributed by atoms with Gasteiger partial charge in [0.05, 0.1) is 6.54 Å². The fraction of sp³-hybridized carbons (Fsp3) is 0.286. The third kappa shape index (κ3) is 5.28. The highest BCUT2D eigenvalue weighted by Gasteiger charge is 2.21. The topological polar surface area (TPSA) is 69.7 Å². The van der Waals surface area contributed by atoms with Gasteiger partial charge in [-0.2, -0.15) is 0 Å². The van der Waals surface area contributed by atoms with Gasteiger partial charge >= 0.3 is 0 Å². The van der Waals surface area contributed by atoms with Crippen LogP contribution in [0.5, 0.6) is 0 Å². The molecule has 0 aliphatic carbocycles. The van der Waals surface area contributed by atoms with Crippen LogP contribution in [0, 0.1) is 0 Å². The lowest BCUT2D eigenvalue weighted by Crippen LogP contribution is -2.37. The summed E-state index contributed by atoms with van der Waals surface area (Å²) in [4.78, 5) is 39.6. The van der Waals surface area contributed by atoms with Gasteiger partial charge in [-0.1, -0.05) is 29.3 Å². The van der Waals surface area contributed by atoms with Gasteiger partial charge < -0.3 is 15.1 Å². The van der Waals surface area contributed by atoms with Gasteiger partial charge in [-0.3, -0.25) is 14.4 Å². The Morgan fingerprint density at radius 2 is 1.86 bits per heavy atom. The van der Waals surface area contributed by atoms with Crippen molar-refractivity contribution in [3.05, 3.63) is 63.6 Å². The number of hydrogen-bond acceptors (Lipinski definition) is 3. The number of anilines is 1. The molecule has 1 heterocycles. The van der Waals surface area contributed by atoms with Crippen LogP contribution in [-0.2, 0) is 16.1 Å². The van der Waals surface area contributed by atoms with Crippen molar-refractivity contribution >= 4 is 46.6 Å². The molecule has 0 saturated carbocycles. The number of amides is 3. The van der Waals surface area contributed by atoms with Gasteiger partial charge in [0.15, 0.2) is 0 Å². The predicted octanol–water partition coefficient (Wildman–Crippen LogP) is 3.51. The van der Waals surface area contributed by atoms with Crippen LogP contribution < -0.4 is 10.2 Å². The molecule has 29 heavy (non-hydrogen) atoms. The normalized spacial score (nSPS) is 13.5. The minimum atomic E-state index is -0.351. The zero-order chi connectivity index (χ0) is 21.0. The first-order valence-electron chi connectivity index (χ1n) is 9.21. The quantitative estimate of drug-likeness (QED) is 0.757. The van der Waals surface area contributed by atoms with Crippen LogP contribution in [-0.4, -0.2) is 42.8 Å². The molecule has 0 aromatic heterocycles.